The molecule has 0 radical (unpaired) electrons. The first kappa shape index (κ1) is 17.4. The molecule has 4 nitrogen and oxygen atoms in total. The molecule has 0 saturated carbocycles. The number of hydrogen-bond acceptors (Lipinski definition) is 3. The van der Waals surface area contributed by atoms with Gasteiger partial charge >= 0.3 is 0 Å². The Kier molecular flexibility index (Phi) is 5.66. The predicted molar refractivity (Wildman–Crippen MR) is 95.2 cm³/mol. The minimum atomic E-state index is -0.213. The van der Waals surface area contributed by atoms with Crippen molar-refractivity contribution in [2.24, 2.45) is 0 Å². The minimum absolute atomic E-state index is 0.0597. The van der Waals surface area contributed by atoms with Crippen molar-refractivity contribution in [1.82, 2.24) is 9.80 Å². The van der Waals surface area contributed by atoms with E-state index in [4.69, 9.17) is 4.74 Å². The summed E-state index contributed by atoms with van der Waals surface area (Å²) in [7, 11) is 0. The van der Waals surface area contributed by atoms with Crippen LogP contribution in [0.5, 0.6) is 5.75 Å². The lowest BCUT2D eigenvalue weighted by Gasteiger charge is -2.34. The Morgan fingerprint density at radius 2 is 1.64 bits per heavy atom. The lowest BCUT2D eigenvalue weighted by molar-refractivity contribution is 0.0628. The quantitative estimate of drug-likeness (QED) is 0.837. The van der Waals surface area contributed by atoms with Crippen molar-refractivity contribution in [1.29, 1.82) is 0 Å². The molecule has 5 heteroatoms. The molecule has 25 heavy (non-hydrogen) atoms. The maximum Gasteiger partial charge on any atom is 0.253 e. The Balaban J connectivity index is 1.52. The van der Waals surface area contributed by atoms with E-state index in [0.717, 1.165) is 30.9 Å². The summed E-state index contributed by atoms with van der Waals surface area (Å²) in [6, 6.07) is 13.9. The maximum absolute atomic E-state index is 13.0. The molecular weight excluding hydrogens is 319 g/mol. The van der Waals surface area contributed by atoms with Gasteiger partial charge in [0, 0.05) is 38.3 Å². The molecule has 0 unspecified atom stereocenters. The van der Waals surface area contributed by atoms with Crippen molar-refractivity contribution in [2.45, 2.75) is 13.5 Å². The lowest BCUT2D eigenvalue weighted by atomic mass is 10.1. The van der Waals surface area contributed by atoms with Crippen LogP contribution < -0.4 is 4.74 Å². The van der Waals surface area contributed by atoms with Gasteiger partial charge in [0.1, 0.15) is 11.6 Å². The molecule has 0 atom stereocenters. The molecule has 2 aromatic carbocycles. The fraction of sp³-hybridized carbons (Fsp3) is 0.350. The number of halogens is 1. The Labute approximate surface area is 147 Å². The van der Waals surface area contributed by atoms with Gasteiger partial charge in [-0.3, -0.25) is 9.69 Å². The first-order valence-electron chi connectivity index (χ1n) is 8.64. The van der Waals surface area contributed by atoms with Gasteiger partial charge in [-0.15, -0.1) is 0 Å². The minimum Gasteiger partial charge on any atom is -0.494 e. The Morgan fingerprint density at radius 1 is 1.00 bits per heavy atom. The summed E-state index contributed by atoms with van der Waals surface area (Å²) in [4.78, 5) is 16.8. The van der Waals surface area contributed by atoms with E-state index < -0.39 is 0 Å². The van der Waals surface area contributed by atoms with Gasteiger partial charge in [0.05, 0.1) is 6.61 Å². The van der Waals surface area contributed by atoms with Gasteiger partial charge in [-0.25, -0.2) is 4.39 Å². The topological polar surface area (TPSA) is 32.8 Å². The third-order valence-corrected chi connectivity index (χ3v) is 4.39. The van der Waals surface area contributed by atoms with Crippen molar-refractivity contribution in [2.75, 3.05) is 32.8 Å². The van der Waals surface area contributed by atoms with Crippen molar-refractivity contribution >= 4 is 5.91 Å². The predicted octanol–water partition coefficient (Wildman–Crippen LogP) is 3.18. The molecule has 2 aromatic rings. The van der Waals surface area contributed by atoms with Gasteiger partial charge < -0.3 is 9.64 Å². The lowest BCUT2D eigenvalue weighted by Crippen LogP contribution is -2.48. The molecule has 0 N–H and O–H groups in total. The number of ether oxygens (including phenoxy) is 1. The average molecular weight is 342 g/mol. The van der Waals surface area contributed by atoms with Gasteiger partial charge in [0.15, 0.2) is 0 Å². The number of hydrogen-bond donors (Lipinski definition) is 0. The Morgan fingerprint density at radius 3 is 2.24 bits per heavy atom. The van der Waals surface area contributed by atoms with Gasteiger partial charge in [0.2, 0.25) is 0 Å². The van der Waals surface area contributed by atoms with E-state index in [0.29, 0.717) is 25.3 Å². The number of amides is 1. The van der Waals surface area contributed by atoms with Crippen molar-refractivity contribution in [3.05, 3.63) is 65.5 Å². The second-order valence-electron chi connectivity index (χ2n) is 6.15. The zero-order chi connectivity index (χ0) is 17.6. The molecule has 1 heterocycles. The largest absolute Gasteiger partial charge is 0.494 e. The molecule has 1 aliphatic heterocycles. The van der Waals surface area contributed by atoms with Crippen LogP contribution >= 0.6 is 0 Å². The van der Waals surface area contributed by atoms with E-state index >= 15 is 0 Å². The summed E-state index contributed by atoms with van der Waals surface area (Å²) in [5.74, 6) is 0.627. The second-order valence-corrected chi connectivity index (χ2v) is 6.15. The molecule has 1 saturated heterocycles. The summed E-state index contributed by atoms with van der Waals surface area (Å²) in [5, 5.41) is 0. The zero-order valence-corrected chi connectivity index (χ0v) is 14.5. The van der Waals surface area contributed by atoms with Crippen LogP contribution in [0.1, 0.15) is 22.8 Å². The molecule has 1 fully saturated rings. The van der Waals surface area contributed by atoms with Crippen LogP contribution in [-0.4, -0.2) is 48.5 Å². The summed E-state index contributed by atoms with van der Waals surface area (Å²) in [6.07, 6.45) is 0. The fourth-order valence-corrected chi connectivity index (χ4v) is 3.00. The third-order valence-electron chi connectivity index (χ3n) is 4.39. The summed E-state index contributed by atoms with van der Waals surface area (Å²) >= 11 is 0. The van der Waals surface area contributed by atoms with Crippen LogP contribution in [-0.2, 0) is 6.54 Å². The first-order valence-corrected chi connectivity index (χ1v) is 8.64. The number of rotatable bonds is 5. The Hall–Kier alpha value is -2.40. The smallest absolute Gasteiger partial charge is 0.253 e. The molecule has 0 spiro atoms. The van der Waals surface area contributed by atoms with E-state index in [9.17, 15) is 9.18 Å². The van der Waals surface area contributed by atoms with Crippen molar-refractivity contribution < 1.29 is 13.9 Å². The summed E-state index contributed by atoms with van der Waals surface area (Å²) < 4.78 is 18.4. The van der Waals surface area contributed by atoms with Crippen LogP contribution in [0.25, 0.3) is 0 Å². The number of nitrogens with zero attached hydrogens (tertiary/aromatic N) is 2. The van der Waals surface area contributed by atoms with E-state index in [-0.39, 0.29) is 11.7 Å². The number of carbonyl (C=O) groups excluding carboxylic acids is 1. The SMILES string of the molecule is CCOc1ccc(C(=O)N2CCN(Cc3ccc(F)cc3)CC2)cc1. The molecule has 1 amide bonds. The average Bonchev–Trinajstić information content (AvgIpc) is 2.65. The van der Waals surface area contributed by atoms with E-state index in [1.165, 1.54) is 12.1 Å². The monoisotopic (exact) mass is 342 g/mol. The normalized spacial score (nSPS) is 15.2. The fourth-order valence-electron chi connectivity index (χ4n) is 3.00. The van der Waals surface area contributed by atoms with Crippen LogP contribution in [0.2, 0.25) is 0 Å². The van der Waals surface area contributed by atoms with E-state index in [1.54, 1.807) is 0 Å². The molecule has 0 aliphatic carbocycles. The number of carbonyl (C=O) groups is 1. The molecular formula is C20H23FN2O2. The Bertz CT molecular complexity index is 693. The van der Waals surface area contributed by atoms with Crippen molar-refractivity contribution in [3.8, 4) is 5.75 Å². The molecule has 1 aliphatic rings. The molecule has 3 rings (SSSR count). The third kappa shape index (κ3) is 4.57. The zero-order valence-electron chi connectivity index (χ0n) is 14.5. The van der Waals surface area contributed by atoms with E-state index in [2.05, 4.69) is 4.90 Å². The number of benzene rings is 2. The van der Waals surface area contributed by atoms with Crippen molar-refractivity contribution in [3.63, 3.8) is 0 Å². The summed E-state index contributed by atoms with van der Waals surface area (Å²) in [5.41, 5.74) is 1.78. The number of piperazine rings is 1. The second kappa shape index (κ2) is 8.12. The van der Waals surface area contributed by atoms with Gasteiger partial charge in [-0.1, -0.05) is 12.1 Å². The first-order chi connectivity index (χ1) is 12.2. The molecule has 0 aromatic heterocycles. The summed E-state index contributed by atoms with van der Waals surface area (Å²) in [6.45, 7) is 6.37. The van der Waals surface area contributed by atoms with Crippen LogP contribution in [0.3, 0.4) is 0 Å². The standard InChI is InChI=1S/C20H23FN2O2/c1-2-25-19-9-5-17(6-10-19)20(24)23-13-11-22(12-14-23)15-16-3-7-18(21)8-4-16/h3-10H,2,11-15H2,1H3. The highest BCUT2D eigenvalue weighted by molar-refractivity contribution is 5.94. The van der Waals surface area contributed by atoms with Gasteiger partial charge in [0.25, 0.3) is 5.91 Å². The highest BCUT2D eigenvalue weighted by atomic mass is 19.1. The van der Waals surface area contributed by atoms with Crippen LogP contribution in [0.4, 0.5) is 4.39 Å². The maximum atomic E-state index is 13.0. The highest BCUT2D eigenvalue weighted by Gasteiger charge is 2.22. The highest BCUT2D eigenvalue weighted by Crippen LogP contribution is 2.16. The van der Waals surface area contributed by atoms with E-state index in [1.807, 2.05) is 48.2 Å². The van der Waals surface area contributed by atoms with Crippen LogP contribution in [0, 0.1) is 5.82 Å². The van der Waals surface area contributed by atoms with Gasteiger partial charge in [-0.2, -0.15) is 0 Å². The van der Waals surface area contributed by atoms with Gasteiger partial charge in [-0.05, 0) is 48.9 Å². The molecule has 132 valence electrons. The molecule has 0 bridgehead atoms. The van der Waals surface area contributed by atoms with Crippen LogP contribution in [0.15, 0.2) is 48.5 Å².